The minimum atomic E-state index is -2.27. The number of rotatable bonds is 2. The van der Waals surface area contributed by atoms with Crippen molar-refractivity contribution in [3.05, 3.63) is 11.3 Å². The summed E-state index contributed by atoms with van der Waals surface area (Å²) in [7, 11) is -2.27. The van der Waals surface area contributed by atoms with Crippen LogP contribution in [0.4, 0.5) is 11.6 Å². The van der Waals surface area contributed by atoms with E-state index in [2.05, 4.69) is 26.2 Å². The van der Waals surface area contributed by atoms with Crippen molar-refractivity contribution < 1.29 is 8.95 Å². The predicted octanol–water partition coefficient (Wildman–Crippen LogP) is 1.71. The van der Waals surface area contributed by atoms with E-state index in [1.165, 1.54) is 0 Å². The molecule has 2 rings (SSSR count). The molecule has 0 radical (unpaired) electrons. The van der Waals surface area contributed by atoms with Gasteiger partial charge in [0, 0.05) is 34.9 Å². The first kappa shape index (κ1) is 14.5. The van der Waals surface area contributed by atoms with Gasteiger partial charge < -0.3 is 9.64 Å². The van der Waals surface area contributed by atoms with E-state index in [-0.39, 0.29) is 11.3 Å². The second-order valence-corrected chi connectivity index (χ2v) is 7.63. The first-order valence-corrected chi connectivity index (χ1v) is 8.62. The van der Waals surface area contributed by atoms with E-state index >= 15 is 0 Å². The monoisotopic (exact) mass is 304 g/mol. The van der Waals surface area contributed by atoms with Crippen molar-refractivity contribution in [1.82, 2.24) is 9.97 Å². The molecule has 1 fully saturated rings. The van der Waals surface area contributed by atoms with E-state index in [1.54, 1.807) is 18.6 Å². The Balaban J connectivity index is 2.39. The molecular weight excluding hydrogens is 288 g/mol. The molecule has 6 nitrogen and oxygen atoms in total. The highest BCUT2D eigenvalue weighted by Crippen LogP contribution is 2.24. The quantitative estimate of drug-likeness (QED) is 0.778. The lowest BCUT2D eigenvalue weighted by molar-refractivity contribution is 0.0985. The lowest BCUT2D eigenvalue weighted by Gasteiger charge is -2.34. The smallest absolute Gasteiger partial charge is 0.226 e. The van der Waals surface area contributed by atoms with Crippen LogP contribution < -0.4 is 4.90 Å². The van der Waals surface area contributed by atoms with Crippen molar-refractivity contribution in [3.63, 3.8) is 0 Å². The molecule has 0 bridgehead atoms. The van der Waals surface area contributed by atoms with E-state index in [0.29, 0.717) is 24.8 Å². The first-order valence-electron chi connectivity index (χ1n) is 5.91. The van der Waals surface area contributed by atoms with Gasteiger partial charge in [-0.2, -0.15) is 9.35 Å². The molecule has 1 aliphatic rings. The van der Waals surface area contributed by atoms with Crippen molar-refractivity contribution in [2.75, 3.05) is 37.2 Å². The molecule has 1 saturated heterocycles. The van der Waals surface area contributed by atoms with Crippen LogP contribution in [-0.2, 0) is 14.5 Å². The maximum absolute atomic E-state index is 11.7. The Bertz CT molecular complexity index is 578. The summed E-state index contributed by atoms with van der Waals surface area (Å²) in [5.41, 5.74) is 0. The van der Waals surface area contributed by atoms with Gasteiger partial charge in [-0.25, -0.2) is 9.19 Å². The van der Waals surface area contributed by atoms with E-state index < -0.39 is 9.73 Å². The van der Waals surface area contributed by atoms with Crippen LogP contribution in [0.15, 0.2) is 10.4 Å². The van der Waals surface area contributed by atoms with Crippen LogP contribution in [0.3, 0.4) is 0 Å². The summed E-state index contributed by atoms with van der Waals surface area (Å²) in [5, 5.41) is 0.110. The minimum Gasteiger partial charge on any atom is -0.377 e. The van der Waals surface area contributed by atoms with Gasteiger partial charge in [-0.1, -0.05) is 0 Å². The molecule has 0 aromatic carbocycles. The maximum atomic E-state index is 11.7. The third-order valence-corrected chi connectivity index (χ3v) is 3.44. The molecule has 1 aliphatic heterocycles. The number of hydrogen-bond donors (Lipinski definition) is 0. The number of aromatic nitrogens is 2. The third kappa shape index (κ3) is 4.02. The fourth-order valence-electron chi connectivity index (χ4n) is 1.88. The highest BCUT2D eigenvalue weighted by atomic mass is 35.5. The van der Waals surface area contributed by atoms with Crippen LogP contribution in [-0.4, -0.2) is 52.5 Å². The number of hydrogen-bond acceptors (Lipinski definition) is 6. The van der Waals surface area contributed by atoms with Crippen molar-refractivity contribution in [1.29, 1.82) is 0 Å². The molecule has 0 spiro atoms. The average Bonchev–Trinajstić information content (AvgIpc) is 2.26. The number of halogens is 1. The van der Waals surface area contributed by atoms with E-state index in [4.69, 9.17) is 16.3 Å². The van der Waals surface area contributed by atoms with Crippen LogP contribution >= 0.6 is 11.6 Å². The van der Waals surface area contributed by atoms with Crippen LogP contribution in [0, 0.1) is 0 Å². The Morgan fingerprint density at radius 1 is 1.53 bits per heavy atom. The summed E-state index contributed by atoms with van der Waals surface area (Å²) < 4.78 is 21.2. The summed E-state index contributed by atoms with van der Waals surface area (Å²) in [6, 6.07) is 1.92. The average molecular weight is 305 g/mol. The van der Waals surface area contributed by atoms with Gasteiger partial charge >= 0.3 is 0 Å². The Morgan fingerprint density at radius 2 is 2.26 bits per heavy atom. The molecule has 0 unspecified atom stereocenters. The molecule has 1 atom stereocenters. The van der Waals surface area contributed by atoms with Gasteiger partial charge in [0.05, 0.1) is 19.3 Å². The summed E-state index contributed by atoms with van der Waals surface area (Å²) in [5.74, 6) is 1.04. The molecule has 1 aromatic rings. The number of ether oxygens (including phenoxy) is 1. The van der Waals surface area contributed by atoms with Crippen molar-refractivity contribution in [3.8, 4) is 0 Å². The molecule has 106 valence electrons. The van der Waals surface area contributed by atoms with Crippen LogP contribution in [0.5, 0.6) is 0 Å². The molecule has 19 heavy (non-hydrogen) atoms. The Hall–Kier alpha value is -0.920. The van der Waals surface area contributed by atoms with Crippen molar-refractivity contribution in [2.24, 2.45) is 4.36 Å². The molecule has 1 aromatic heterocycles. The normalized spacial score (nSPS) is 20.4. The second-order valence-electron chi connectivity index (χ2n) is 4.74. The number of anilines is 1. The van der Waals surface area contributed by atoms with Gasteiger partial charge in [-0.3, -0.25) is 0 Å². The topological polar surface area (TPSA) is 67.7 Å². The lowest BCUT2D eigenvalue weighted by atomic mass is 10.2. The highest BCUT2D eigenvalue weighted by molar-refractivity contribution is 7.92. The largest absolute Gasteiger partial charge is 0.377 e. The molecule has 0 N–H and O–H groups in total. The van der Waals surface area contributed by atoms with Crippen molar-refractivity contribution in [2.45, 2.75) is 13.0 Å². The summed E-state index contributed by atoms with van der Waals surface area (Å²) in [6.45, 7) is 4.08. The second kappa shape index (κ2) is 5.60. The third-order valence-electron chi connectivity index (χ3n) is 2.65. The van der Waals surface area contributed by atoms with Gasteiger partial charge in [0.15, 0.2) is 5.82 Å². The number of nitrogens with zero attached hydrogens (tertiary/aromatic N) is 4. The van der Waals surface area contributed by atoms with Gasteiger partial charge in [0.1, 0.15) is 5.82 Å². The predicted molar refractivity (Wildman–Crippen MR) is 76.7 cm³/mol. The highest BCUT2D eigenvalue weighted by Gasteiger charge is 2.21. The standard InChI is InChI=1S/C11H17ClN4O2S/c1-8-7-18-5-4-16(8)10-6-9(13-11(12)14-10)15-19(2,3)17/h6,8H,4-5,7H2,1-3H3/t8-/m1/s1. The fraction of sp³-hybridized carbons (Fsp3) is 0.636. The SMILES string of the molecule is C[C@@H]1COCCN1c1cc(N=S(C)(C)=O)nc(Cl)n1. The number of morpholine rings is 1. The van der Waals surface area contributed by atoms with E-state index in [1.807, 2.05) is 0 Å². The summed E-state index contributed by atoms with van der Waals surface area (Å²) >= 11 is 5.91. The maximum Gasteiger partial charge on any atom is 0.226 e. The first-order chi connectivity index (χ1) is 8.85. The Kier molecular flexibility index (Phi) is 4.27. The fourth-order valence-corrected chi connectivity index (χ4v) is 2.60. The Labute approximate surface area is 118 Å². The van der Waals surface area contributed by atoms with Gasteiger partial charge in [0.2, 0.25) is 5.28 Å². The zero-order valence-electron chi connectivity index (χ0n) is 11.2. The molecular formula is C11H17ClN4O2S. The summed E-state index contributed by atoms with van der Waals surface area (Å²) in [4.78, 5) is 10.3. The van der Waals surface area contributed by atoms with Crippen LogP contribution in [0.25, 0.3) is 0 Å². The Morgan fingerprint density at radius 3 is 2.89 bits per heavy atom. The van der Waals surface area contributed by atoms with Gasteiger partial charge in [-0.15, -0.1) is 0 Å². The molecule has 0 amide bonds. The van der Waals surface area contributed by atoms with Crippen LogP contribution in [0.2, 0.25) is 5.28 Å². The minimum absolute atomic E-state index is 0.110. The molecule has 2 heterocycles. The zero-order chi connectivity index (χ0) is 14.0. The molecule has 8 heteroatoms. The molecule has 0 saturated carbocycles. The van der Waals surface area contributed by atoms with Gasteiger partial charge in [-0.05, 0) is 18.5 Å². The van der Waals surface area contributed by atoms with E-state index in [0.717, 1.165) is 6.54 Å². The van der Waals surface area contributed by atoms with Crippen molar-refractivity contribution >= 4 is 33.0 Å². The van der Waals surface area contributed by atoms with Gasteiger partial charge in [0.25, 0.3) is 0 Å². The van der Waals surface area contributed by atoms with Crippen LogP contribution in [0.1, 0.15) is 6.92 Å². The van der Waals surface area contributed by atoms with E-state index in [9.17, 15) is 4.21 Å². The molecule has 0 aliphatic carbocycles. The zero-order valence-corrected chi connectivity index (χ0v) is 12.7. The summed E-state index contributed by atoms with van der Waals surface area (Å²) in [6.07, 6.45) is 3.11. The lowest BCUT2D eigenvalue weighted by Crippen LogP contribution is -2.44.